The molecule has 0 saturated heterocycles. The van der Waals surface area contributed by atoms with Crippen LogP contribution >= 0.6 is 11.6 Å². The monoisotopic (exact) mass is 241 g/mol. The van der Waals surface area contributed by atoms with Gasteiger partial charge in [0.1, 0.15) is 11.3 Å². The van der Waals surface area contributed by atoms with Gasteiger partial charge in [0, 0.05) is 5.56 Å². The number of nitrogens with zero attached hydrogens (tertiary/aromatic N) is 1. The largest absolute Gasteiger partial charge is 0.496 e. The number of rotatable bonds is 4. The van der Waals surface area contributed by atoms with E-state index < -0.39 is 0 Å². The van der Waals surface area contributed by atoms with Gasteiger partial charge in [-0.05, 0) is 37.7 Å². The van der Waals surface area contributed by atoms with Crippen molar-refractivity contribution in [2.24, 2.45) is 0 Å². The molecule has 0 spiro atoms. The molecule has 16 heavy (non-hydrogen) atoms. The molecule has 1 atom stereocenters. The van der Waals surface area contributed by atoms with Crippen molar-refractivity contribution in [2.75, 3.05) is 21.2 Å². The molecule has 0 saturated carbocycles. The molecule has 0 heterocycles. The van der Waals surface area contributed by atoms with Gasteiger partial charge in [0.25, 0.3) is 0 Å². The maximum absolute atomic E-state index is 6.35. The molecule has 0 amide bonds. The van der Waals surface area contributed by atoms with E-state index in [4.69, 9.17) is 16.3 Å². The molecule has 3 heteroatoms. The van der Waals surface area contributed by atoms with E-state index in [0.29, 0.717) is 5.92 Å². The Balaban J connectivity index is 3.16. The number of hydrogen-bond acceptors (Lipinski definition) is 2. The van der Waals surface area contributed by atoms with Crippen molar-refractivity contribution < 1.29 is 4.74 Å². The average Bonchev–Trinajstić information content (AvgIpc) is 2.26. The third-order valence-electron chi connectivity index (χ3n) is 2.63. The standard InChI is InChI=1S/C13H20ClNO/c1-9(2)10-6-7-12(16-5)11(8-10)13(14)15(3)4/h6-9,13H,1-5H3. The number of benzene rings is 1. The second-order valence-corrected chi connectivity index (χ2v) is 4.87. The van der Waals surface area contributed by atoms with Gasteiger partial charge in [-0.15, -0.1) is 11.6 Å². The number of alkyl halides is 1. The SMILES string of the molecule is COc1ccc(C(C)C)cc1C(Cl)N(C)C. The third-order valence-corrected chi connectivity index (χ3v) is 3.26. The fraction of sp³-hybridized carbons (Fsp3) is 0.538. The Bertz CT molecular complexity index is 350. The molecule has 0 bridgehead atoms. The number of hydrogen-bond donors (Lipinski definition) is 0. The quantitative estimate of drug-likeness (QED) is 0.590. The molecule has 1 unspecified atom stereocenters. The molecule has 1 rings (SSSR count). The minimum atomic E-state index is -0.159. The zero-order valence-electron chi connectivity index (χ0n) is 10.6. The lowest BCUT2D eigenvalue weighted by Gasteiger charge is -2.21. The molecule has 2 nitrogen and oxygen atoms in total. The lowest BCUT2D eigenvalue weighted by molar-refractivity contribution is 0.359. The summed E-state index contributed by atoms with van der Waals surface area (Å²) in [5.41, 5.74) is 2.15. The predicted molar refractivity (Wildman–Crippen MR) is 69.4 cm³/mol. The number of ether oxygens (including phenoxy) is 1. The summed E-state index contributed by atoms with van der Waals surface area (Å²) < 4.78 is 5.34. The van der Waals surface area contributed by atoms with Crippen LogP contribution in [-0.2, 0) is 0 Å². The first-order valence-electron chi connectivity index (χ1n) is 5.45. The second-order valence-electron chi connectivity index (χ2n) is 4.46. The van der Waals surface area contributed by atoms with E-state index in [2.05, 4.69) is 26.0 Å². The number of methoxy groups -OCH3 is 1. The van der Waals surface area contributed by atoms with Gasteiger partial charge in [-0.3, -0.25) is 4.90 Å². The van der Waals surface area contributed by atoms with Crippen LogP contribution in [0.25, 0.3) is 0 Å². The summed E-state index contributed by atoms with van der Waals surface area (Å²) in [4.78, 5) is 1.96. The lowest BCUT2D eigenvalue weighted by atomic mass is 10.00. The summed E-state index contributed by atoms with van der Waals surface area (Å²) in [7, 11) is 5.59. The van der Waals surface area contributed by atoms with E-state index in [1.165, 1.54) is 5.56 Å². The first-order chi connectivity index (χ1) is 7.47. The highest BCUT2D eigenvalue weighted by atomic mass is 35.5. The van der Waals surface area contributed by atoms with Crippen LogP contribution in [0, 0.1) is 0 Å². The summed E-state index contributed by atoms with van der Waals surface area (Å²) in [6, 6.07) is 6.21. The van der Waals surface area contributed by atoms with Crippen LogP contribution in [0.3, 0.4) is 0 Å². The summed E-state index contributed by atoms with van der Waals surface area (Å²) >= 11 is 6.35. The van der Waals surface area contributed by atoms with E-state index in [-0.39, 0.29) is 5.50 Å². The van der Waals surface area contributed by atoms with Gasteiger partial charge < -0.3 is 4.74 Å². The van der Waals surface area contributed by atoms with Crippen LogP contribution < -0.4 is 4.74 Å². The Kier molecular flexibility index (Phi) is 4.63. The van der Waals surface area contributed by atoms with Crippen LogP contribution in [0.5, 0.6) is 5.75 Å². The third kappa shape index (κ3) is 2.89. The highest BCUT2D eigenvalue weighted by Crippen LogP contribution is 2.33. The minimum absolute atomic E-state index is 0.159. The van der Waals surface area contributed by atoms with Crippen molar-refractivity contribution in [1.29, 1.82) is 0 Å². The molecule has 0 radical (unpaired) electrons. The normalized spacial score (nSPS) is 13.2. The van der Waals surface area contributed by atoms with E-state index in [9.17, 15) is 0 Å². The van der Waals surface area contributed by atoms with Gasteiger partial charge in [0.15, 0.2) is 0 Å². The fourth-order valence-electron chi connectivity index (χ4n) is 1.58. The van der Waals surface area contributed by atoms with Crippen molar-refractivity contribution in [1.82, 2.24) is 4.90 Å². The first kappa shape index (κ1) is 13.3. The zero-order chi connectivity index (χ0) is 12.3. The molecular formula is C13H20ClNO. The van der Waals surface area contributed by atoms with Crippen molar-refractivity contribution in [3.8, 4) is 5.75 Å². The summed E-state index contributed by atoms with van der Waals surface area (Å²) in [5.74, 6) is 1.34. The van der Waals surface area contributed by atoms with Gasteiger partial charge in [-0.2, -0.15) is 0 Å². The van der Waals surface area contributed by atoms with E-state index in [1.54, 1.807) is 7.11 Å². The van der Waals surface area contributed by atoms with Crippen molar-refractivity contribution >= 4 is 11.6 Å². The van der Waals surface area contributed by atoms with Crippen LogP contribution in [0.1, 0.15) is 36.4 Å². The predicted octanol–water partition coefficient (Wildman–Crippen LogP) is 3.62. The summed E-state index contributed by atoms with van der Waals surface area (Å²) in [5, 5.41) is 0. The van der Waals surface area contributed by atoms with Gasteiger partial charge in [-0.1, -0.05) is 19.9 Å². The zero-order valence-corrected chi connectivity index (χ0v) is 11.4. The van der Waals surface area contributed by atoms with E-state index >= 15 is 0 Å². The Hall–Kier alpha value is -0.730. The van der Waals surface area contributed by atoms with Gasteiger partial charge >= 0.3 is 0 Å². The van der Waals surface area contributed by atoms with Crippen LogP contribution in [0.4, 0.5) is 0 Å². The topological polar surface area (TPSA) is 12.5 Å². The molecule has 1 aromatic rings. The molecule has 0 aliphatic carbocycles. The Morgan fingerprint density at radius 2 is 1.88 bits per heavy atom. The van der Waals surface area contributed by atoms with Gasteiger partial charge in [0.05, 0.1) is 7.11 Å². The maximum Gasteiger partial charge on any atom is 0.124 e. The van der Waals surface area contributed by atoms with Crippen molar-refractivity contribution in [3.63, 3.8) is 0 Å². The highest BCUT2D eigenvalue weighted by Gasteiger charge is 2.16. The minimum Gasteiger partial charge on any atom is -0.496 e. The lowest BCUT2D eigenvalue weighted by Crippen LogP contribution is -2.15. The number of halogens is 1. The average molecular weight is 242 g/mol. The summed E-state index contributed by atoms with van der Waals surface area (Å²) in [6.07, 6.45) is 0. The van der Waals surface area contributed by atoms with E-state index in [1.807, 2.05) is 25.1 Å². The fourth-order valence-corrected chi connectivity index (χ4v) is 1.75. The first-order valence-corrected chi connectivity index (χ1v) is 5.89. The molecule has 0 aliphatic heterocycles. The second kappa shape index (κ2) is 5.55. The highest BCUT2D eigenvalue weighted by molar-refractivity contribution is 6.20. The van der Waals surface area contributed by atoms with E-state index in [0.717, 1.165) is 11.3 Å². The molecular weight excluding hydrogens is 222 g/mol. The van der Waals surface area contributed by atoms with Crippen molar-refractivity contribution in [3.05, 3.63) is 29.3 Å². The van der Waals surface area contributed by atoms with Crippen LogP contribution in [0.2, 0.25) is 0 Å². The van der Waals surface area contributed by atoms with Gasteiger partial charge in [0.2, 0.25) is 0 Å². The Labute approximate surface area is 103 Å². The van der Waals surface area contributed by atoms with Crippen molar-refractivity contribution in [2.45, 2.75) is 25.3 Å². The van der Waals surface area contributed by atoms with Gasteiger partial charge in [-0.25, -0.2) is 0 Å². The van der Waals surface area contributed by atoms with Crippen LogP contribution in [-0.4, -0.2) is 26.1 Å². The molecule has 0 fully saturated rings. The molecule has 0 aromatic heterocycles. The Morgan fingerprint density at radius 1 is 1.25 bits per heavy atom. The summed E-state index contributed by atoms with van der Waals surface area (Å²) in [6.45, 7) is 4.34. The molecule has 0 N–H and O–H groups in total. The molecule has 0 aliphatic rings. The smallest absolute Gasteiger partial charge is 0.124 e. The molecule has 1 aromatic carbocycles. The maximum atomic E-state index is 6.35. The Morgan fingerprint density at radius 3 is 2.31 bits per heavy atom. The molecule has 90 valence electrons. The van der Waals surface area contributed by atoms with Crippen LogP contribution in [0.15, 0.2) is 18.2 Å².